The van der Waals surface area contributed by atoms with Gasteiger partial charge in [-0.2, -0.15) is 0 Å². The molecule has 0 aromatic rings. The van der Waals surface area contributed by atoms with Crippen molar-refractivity contribution in [2.45, 2.75) is 168 Å². The first-order valence-corrected chi connectivity index (χ1v) is 17.2. The zero-order valence-corrected chi connectivity index (χ0v) is 26.3. The second-order valence-corrected chi connectivity index (χ2v) is 11.2. The van der Waals surface area contributed by atoms with Crippen molar-refractivity contribution in [2.24, 2.45) is 0 Å². The van der Waals surface area contributed by atoms with Crippen LogP contribution in [0.15, 0.2) is 0 Å². The predicted octanol–water partition coefficient (Wildman–Crippen LogP) is 10.5. The molecule has 0 aromatic heterocycles. The third kappa shape index (κ3) is 35.8. The maximum atomic E-state index is 5.68. The number of ether oxygens (including phenoxy) is 4. The molecule has 0 spiro atoms. The van der Waals surface area contributed by atoms with Crippen molar-refractivity contribution in [1.82, 2.24) is 0 Å². The Morgan fingerprint density at radius 2 is 0.395 bits per heavy atom. The maximum Gasteiger partial charge on any atom is 0.0701 e. The van der Waals surface area contributed by atoms with Crippen molar-refractivity contribution in [3.05, 3.63) is 0 Å². The van der Waals surface area contributed by atoms with Gasteiger partial charge >= 0.3 is 0 Å². The molecular weight excluding hydrogens is 472 g/mol. The Labute approximate surface area is 239 Å². The highest BCUT2D eigenvalue weighted by molar-refractivity contribution is 4.50. The van der Waals surface area contributed by atoms with Crippen molar-refractivity contribution in [3.63, 3.8) is 0 Å². The summed E-state index contributed by atoms with van der Waals surface area (Å²) in [4.78, 5) is 0. The van der Waals surface area contributed by atoms with Crippen LogP contribution in [0.5, 0.6) is 0 Å². The van der Waals surface area contributed by atoms with E-state index >= 15 is 0 Å². The lowest BCUT2D eigenvalue weighted by atomic mass is 10.0. The highest BCUT2D eigenvalue weighted by Gasteiger charge is 1.97. The smallest absolute Gasteiger partial charge is 0.0701 e. The van der Waals surface area contributed by atoms with E-state index in [1.807, 2.05) is 0 Å². The molecule has 0 aromatic carbocycles. The molecule has 0 heterocycles. The van der Waals surface area contributed by atoms with E-state index in [-0.39, 0.29) is 0 Å². The summed E-state index contributed by atoms with van der Waals surface area (Å²) in [6.45, 7) is 10.3. The van der Waals surface area contributed by atoms with Crippen LogP contribution in [0.25, 0.3) is 0 Å². The van der Waals surface area contributed by atoms with Crippen LogP contribution in [0.1, 0.15) is 168 Å². The van der Waals surface area contributed by atoms with Crippen LogP contribution >= 0.6 is 0 Å². The van der Waals surface area contributed by atoms with Gasteiger partial charge in [0.25, 0.3) is 0 Å². The molecule has 230 valence electrons. The Bertz CT molecular complexity index is 355. The molecule has 0 aliphatic heterocycles. The lowest BCUT2D eigenvalue weighted by Crippen LogP contribution is -2.12. The lowest BCUT2D eigenvalue weighted by molar-refractivity contribution is -0.00248. The average molecular weight is 543 g/mol. The Kier molecular flexibility index (Phi) is 36.7. The predicted molar refractivity (Wildman–Crippen MR) is 165 cm³/mol. The molecule has 4 heteroatoms. The molecule has 0 saturated carbocycles. The fourth-order valence-electron chi connectivity index (χ4n) is 4.85. The molecular formula is C34H70O4. The lowest BCUT2D eigenvalue weighted by Gasteiger charge is -2.08. The molecule has 4 nitrogen and oxygen atoms in total. The molecule has 0 amide bonds. The van der Waals surface area contributed by atoms with Crippen molar-refractivity contribution in [3.8, 4) is 0 Å². The van der Waals surface area contributed by atoms with Gasteiger partial charge in [-0.25, -0.2) is 0 Å². The summed E-state index contributed by atoms with van der Waals surface area (Å²) in [6, 6.07) is 0. The van der Waals surface area contributed by atoms with E-state index < -0.39 is 0 Å². The van der Waals surface area contributed by atoms with E-state index in [4.69, 9.17) is 18.9 Å². The summed E-state index contributed by atoms with van der Waals surface area (Å²) in [7, 11) is 0. The summed E-state index contributed by atoms with van der Waals surface area (Å²) < 4.78 is 22.5. The van der Waals surface area contributed by atoms with Crippen molar-refractivity contribution in [1.29, 1.82) is 0 Å². The summed E-state index contributed by atoms with van der Waals surface area (Å²) in [5.41, 5.74) is 0. The van der Waals surface area contributed by atoms with Gasteiger partial charge in [-0.05, 0) is 12.8 Å². The molecule has 0 N–H and O–H groups in total. The molecule has 0 radical (unpaired) electrons. The zero-order chi connectivity index (χ0) is 27.5. The highest BCUT2D eigenvalue weighted by Crippen LogP contribution is 2.13. The van der Waals surface area contributed by atoms with Gasteiger partial charge in [0, 0.05) is 13.2 Å². The van der Waals surface area contributed by atoms with Crippen LogP contribution in [-0.2, 0) is 18.9 Å². The Morgan fingerprint density at radius 3 is 0.632 bits per heavy atom. The van der Waals surface area contributed by atoms with Gasteiger partial charge in [-0.1, -0.05) is 155 Å². The van der Waals surface area contributed by atoms with E-state index in [0.29, 0.717) is 39.6 Å². The normalized spacial score (nSPS) is 11.5. The van der Waals surface area contributed by atoms with Gasteiger partial charge in [0.15, 0.2) is 0 Å². The molecule has 0 atom stereocenters. The standard InChI is InChI=1S/C34H70O4/c1-3-5-7-9-11-13-15-16-18-20-22-24-26-28-36-30-32-38-34-33-37-31-29-35-27-25-23-21-19-17-14-12-10-8-6-4-2/h3-34H2,1-2H3. The van der Waals surface area contributed by atoms with E-state index in [1.165, 1.54) is 154 Å². The van der Waals surface area contributed by atoms with Crippen molar-refractivity contribution in [2.75, 3.05) is 52.9 Å². The molecule has 0 rings (SSSR count). The summed E-state index contributed by atoms with van der Waals surface area (Å²) in [5, 5.41) is 0. The molecule has 0 fully saturated rings. The quantitative estimate of drug-likeness (QED) is 0.0746. The second-order valence-electron chi connectivity index (χ2n) is 11.2. The molecule has 38 heavy (non-hydrogen) atoms. The largest absolute Gasteiger partial charge is 0.379 e. The molecule has 0 saturated heterocycles. The van der Waals surface area contributed by atoms with Crippen molar-refractivity contribution >= 4 is 0 Å². The number of hydrogen-bond acceptors (Lipinski definition) is 4. The fraction of sp³-hybridized carbons (Fsp3) is 1.00. The van der Waals surface area contributed by atoms with E-state index in [1.54, 1.807) is 0 Å². The third-order valence-corrected chi connectivity index (χ3v) is 7.40. The first kappa shape index (κ1) is 37.8. The van der Waals surface area contributed by atoms with Gasteiger partial charge in [-0.3, -0.25) is 0 Å². The third-order valence-electron chi connectivity index (χ3n) is 7.40. The minimum absolute atomic E-state index is 0.640. The Balaban J connectivity index is 3.01. The SMILES string of the molecule is CCCCCCCCCCCCCCCOCCOCCOCCOCCCCCCCCCCCCC. The topological polar surface area (TPSA) is 36.9 Å². The fourth-order valence-corrected chi connectivity index (χ4v) is 4.85. The number of hydrogen-bond donors (Lipinski definition) is 0. The average Bonchev–Trinajstić information content (AvgIpc) is 2.93. The Hall–Kier alpha value is -0.160. The minimum atomic E-state index is 0.640. The zero-order valence-electron chi connectivity index (χ0n) is 26.3. The molecule has 0 bridgehead atoms. The summed E-state index contributed by atoms with van der Waals surface area (Å²) >= 11 is 0. The summed E-state index contributed by atoms with van der Waals surface area (Å²) in [5.74, 6) is 0. The van der Waals surface area contributed by atoms with Gasteiger partial charge in [0.2, 0.25) is 0 Å². The van der Waals surface area contributed by atoms with Crippen LogP contribution < -0.4 is 0 Å². The number of rotatable bonds is 35. The molecule has 0 aliphatic rings. The van der Waals surface area contributed by atoms with Crippen LogP contribution in [0, 0.1) is 0 Å². The summed E-state index contributed by atoms with van der Waals surface area (Å²) in [6.07, 6.45) is 33.2. The highest BCUT2D eigenvalue weighted by atomic mass is 16.6. The monoisotopic (exact) mass is 543 g/mol. The van der Waals surface area contributed by atoms with Crippen LogP contribution in [0.2, 0.25) is 0 Å². The first-order chi connectivity index (χ1) is 18.9. The van der Waals surface area contributed by atoms with Crippen LogP contribution in [0.4, 0.5) is 0 Å². The van der Waals surface area contributed by atoms with E-state index in [0.717, 1.165) is 13.2 Å². The first-order valence-electron chi connectivity index (χ1n) is 17.2. The molecule has 0 aliphatic carbocycles. The second kappa shape index (κ2) is 36.8. The van der Waals surface area contributed by atoms with Gasteiger partial charge < -0.3 is 18.9 Å². The maximum absolute atomic E-state index is 5.68. The van der Waals surface area contributed by atoms with Crippen LogP contribution in [0.3, 0.4) is 0 Å². The van der Waals surface area contributed by atoms with Gasteiger partial charge in [-0.15, -0.1) is 0 Å². The van der Waals surface area contributed by atoms with Gasteiger partial charge in [0.05, 0.1) is 39.6 Å². The van der Waals surface area contributed by atoms with Crippen molar-refractivity contribution < 1.29 is 18.9 Å². The van der Waals surface area contributed by atoms with E-state index in [9.17, 15) is 0 Å². The minimum Gasteiger partial charge on any atom is -0.379 e. The van der Waals surface area contributed by atoms with E-state index in [2.05, 4.69) is 13.8 Å². The number of unbranched alkanes of at least 4 members (excludes halogenated alkanes) is 22. The molecule has 0 unspecified atom stereocenters. The van der Waals surface area contributed by atoms with Crippen LogP contribution in [-0.4, -0.2) is 52.9 Å². The Morgan fingerprint density at radius 1 is 0.211 bits per heavy atom. The van der Waals surface area contributed by atoms with Gasteiger partial charge in [0.1, 0.15) is 0 Å².